The molecule has 1 aromatic heterocycles. The Kier molecular flexibility index (Phi) is 5.20. The Morgan fingerprint density at radius 2 is 2.03 bits per heavy atom. The lowest BCUT2D eigenvalue weighted by Crippen LogP contribution is -2.37. The normalized spacial score (nSPS) is 18.2. The highest BCUT2D eigenvalue weighted by molar-refractivity contribution is 6.04. The van der Waals surface area contributed by atoms with Crippen molar-refractivity contribution in [2.24, 2.45) is 0 Å². The molecular formula is C20H23N5O4. The van der Waals surface area contributed by atoms with Crippen molar-refractivity contribution in [3.8, 4) is 5.75 Å². The number of para-hydroxylation sites is 2. The Morgan fingerprint density at radius 1 is 1.28 bits per heavy atom. The highest BCUT2D eigenvalue weighted by atomic mass is 16.5. The molecule has 2 aromatic rings. The fourth-order valence-electron chi connectivity index (χ4n) is 3.73. The van der Waals surface area contributed by atoms with Crippen LogP contribution < -0.4 is 25.8 Å². The molecule has 152 valence electrons. The van der Waals surface area contributed by atoms with Crippen LogP contribution in [0, 0.1) is 0 Å². The number of hydrogen-bond acceptors (Lipinski definition) is 6. The summed E-state index contributed by atoms with van der Waals surface area (Å²) in [6, 6.07) is 7.04. The Hall–Kier alpha value is -3.36. The van der Waals surface area contributed by atoms with Gasteiger partial charge in [-0.05, 0) is 31.9 Å². The van der Waals surface area contributed by atoms with Gasteiger partial charge in [0.1, 0.15) is 11.6 Å². The topological polar surface area (TPSA) is 116 Å². The number of amides is 2. The zero-order chi connectivity index (χ0) is 20.4. The van der Waals surface area contributed by atoms with E-state index in [0.29, 0.717) is 24.0 Å². The van der Waals surface area contributed by atoms with Gasteiger partial charge in [-0.25, -0.2) is 0 Å². The van der Waals surface area contributed by atoms with Crippen molar-refractivity contribution in [1.82, 2.24) is 9.97 Å². The van der Waals surface area contributed by atoms with Gasteiger partial charge in [0.15, 0.2) is 0 Å². The number of rotatable bonds is 5. The van der Waals surface area contributed by atoms with Crippen molar-refractivity contribution in [1.29, 1.82) is 0 Å². The molecule has 2 amide bonds. The molecule has 29 heavy (non-hydrogen) atoms. The van der Waals surface area contributed by atoms with Crippen LogP contribution >= 0.6 is 0 Å². The van der Waals surface area contributed by atoms with Crippen LogP contribution in [-0.4, -0.2) is 41.5 Å². The first kappa shape index (κ1) is 19.0. The van der Waals surface area contributed by atoms with Crippen molar-refractivity contribution in [2.45, 2.75) is 32.1 Å². The number of aromatic amines is 1. The van der Waals surface area contributed by atoms with Crippen LogP contribution in [0.1, 0.15) is 37.7 Å². The molecular weight excluding hydrogens is 374 g/mol. The predicted molar refractivity (Wildman–Crippen MR) is 109 cm³/mol. The van der Waals surface area contributed by atoms with Gasteiger partial charge in [0, 0.05) is 19.5 Å². The van der Waals surface area contributed by atoms with Gasteiger partial charge in [0.2, 0.25) is 17.8 Å². The third kappa shape index (κ3) is 3.80. The van der Waals surface area contributed by atoms with Crippen LogP contribution in [0.15, 0.2) is 29.1 Å². The molecule has 0 bridgehead atoms. The Morgan fingerprint density at radius 3 is 2.79 bits per heavy atom. The summed E-state index contributed by atoms with van der Waals surface area (Å²) in [4.78, 5) is 47.2. The van der Waals surface area contributed by atoms with E-state index < -0.39 is 17.4 Å². The standard InChI is InChI=1S/C20H23N5O4/c1-2-29-14-8-4-3-7-13(14)21-18(27)12-11-15(26)22-17-16(12)19(28)24-20(23-17)25-9-5-6-10-25/h3-4,7-8,12H,2,5-6,9-11H2,1H3,(H,21,27)(H2,22,23,24,26,28). The number of carbonyl (C=O) groups excluding carboxylic acids is 2. The Balaban J connectivity index is 1.65. The van der Waals surface area contributed by atoms with E-state index in [2.05, 4.69) is 20.6 Å². The average molecular weight is 397 g/mol. The number of anilines is 3. The minimum absolute atomic E-state index is 0.122. The third-order valence-electron chi connectivity index (χ3n) is 5.11. The summed E-state index contributed by atoms with van der Waals surface area (Å²) in [5.74, 6) is -0.618. The molecule has 4 rings (SSSR count). The van der Waals surface area contributed by atoms with Crippen LogP contribution in [0.3, 0.4) is 0 Å². The fraction of sp³-hybridized carbons (Fsp3) is 0.400. The first-order valence-electron chi connectivity index (χ1n) is 9.78. The van der Waals surface area contributed by atoms with Gasteiger partial charge < -0.3 is 20.3 Å². The van der Waals surface area contributed by atoms with Crippen molar-refractivity contribution < 1.29 is 14.3 Å². The molecule has 3 heterocycles. The molecule has 2 aliphatic rings. The monoisotopic (exact) mass is 397 g/mol. The van der Waals surface area contributed by atoms with E-state index in [-0.39, 0.29) is 23.7 Å². The van der Waals surface area contributed by atoms with Crippen LogP contribution in [0.25, 0.3) is 0 Å². The number of benzene rings is 1. The summed E-state index contributed by atoms with van der Waals surface area (Å²) in [5, 5.41) is 5.43. The smallest absolute Gasteiger partial charge is 0.258 e. The van der Waals surface area contributed by atoms with E-state index in [1.165, 1.54) is 0 Å². The number of aromatic nitrogens is 2. The van der Waals surface area contributed by atoms with E-state index >= 15 is 0 Å². The van der Waals surface area contributed by atoms with Crippen LogP contribution in [-0.2, 0) is 9.59 Å². The molecule has 0 saturated carbocycles. The molecule has 1 fully saturated rings. The van der Waals surface area contributed by atoms with Crippen molar-refractivity contribution >= 4 is 29.3 Å². The van der Waals surface area contributed by atoms with Crippen LogP contribution in [0.2, 0.25) is 0 Å². The largest absolute Gasteiger partial charge is 0.492 e. The number of fused-ring (bicyclic) bond motifs is 1. The minimum atomic E-state index is -0.933. The molecule has 9 heteroatoms. The first-order chi connectivity index (χ1) is 14.1. The summed E-state index contributed by atoms with van der Waals surface area (Å²) < 4.78 is 5.53. The molecule has 1 atom stereocenters. The van der Waals surface area contributed by atoms with Gasteiger partial charge >= 0.3 is 0 Å². The van der Waals surface area contributed by atoms with Gasteiger partial charge in [-0.3, -0.25) is 19.4 Å². The first-order valence-corrected chi connectivity index (χ1v) is 9.78. The second kappa shape index (κ2) is 7.94. The fourth-order valence-corrected chi connectivity index (χ4v) is 3.73. The summed E-state index contributed by atoms with van der Waals surface area (Å²) in [5.41, 5.74) is 0.263. The zero-order valence-electron chi connectivity index (χ0n) is 16.2. The van der Waals surface area contributed by atoms with Crippen LogP contribution in [0.4, 0.5) is 17.5 Å². The van der Waals surface area contributed by atoms with Gasteiger partial charge in [-0.1, -0.05) is 12.1 Å². The van der Waals surface area contributed by atoms with Gasteiger partial charge in [-0.2, -0.15) is 4.98 Å². The Labute approximate surface area is 167 Å². The maximum absolute atomic E-state index is 13.0. The number of nitrogens with zero attached hydrogens (tertiary/aromatic N) is 2. The maximum Gasteiger partial charge on any atom is 0.258 e. The molecule has 1 aromatic carbocycles. The quantitative estimate of drug-likeness (QED) is 0.709. The molecule has 9 nitrogen and oxygen atoms in total. The lowest BCUT2D eigenvalue weighted by atomic mass is 9.92. The molecule has 3 N–H and O–H groups in total. The molecule has 0 spiro atoms. The Bertz CT molecular complexity index is 997. The number of carbonyl (C=O) groups is 2. The van der Waals surface area contributed by atoms with E-state index in [1.54, 1.807) is 24.3 Å². The summed E-state index contributed by atoms with van der Waals surface area (Å²) in [6.07, 6.45) is 1.93. The summed E-state index contributed by atoms with van der Waals surface area (Å²) in [6.45, 7) is 3.90. The second-order valence-corrected chi connectivity index (χ2v) is 7.07. The van der Waals surface area contributed by atoms with E-state index in [0.717, 1.165) is 25.9 Å². The number of nitrogens with one attached hydrogen (secondary N) is 3. The van der Waals surface area contributed by atoms with Crippen molar-refractivity contribution in [2.75, 3.05) is 35.2 Å². The SMILES string of the molecule is CCOc1ccccc1NC(=O)C1CC(=O)Nc2nc(N3CCCC3)[nH]c(=O)c21. The molecule has 0 radical (unpaired) electrons. The number of hydrogen-bond donors (Lipinski definition) is 3. The van der Waals surface area contributed by atoms with Gasteiger partial charge in [-0.15, -0.1) is 0 Å². The molecule has 2 aliphatic heterocycles. The minimum Gasteiger partial charge on any atom is -0.492 e. The average Bonchev–Trinajstić information content (AvgIpc) is 3.23. The van der Waals surface area contributed by atoms with Crippen LogP contribution in [0.5, 0.6) is 5.75 Å². The summed E-state index contributed by atoms with van der Waals surface area (Å²) in [7, 11) is 0. The molecule has 1 unspecified atom stereocenters. The van der Waals surface area contributed by atoms with Gasteiger partial charge in [0.05, 0.1) is 23.8 Å². The lowest BCUT2D eigenvalue weighted by molar-refractivity contribution is -0.123. The van der Waals surface area contributed by atoms with E-state index in [4.69, 9.17) is 4.74 Å². The van der Waals surface area contributed by atoms with E-state index in [1.807, 2.05) is 11.8 Å². The maximum atomic E-state index is 13.0. The highest BCUT2D eigenvalue weighted by Gasteiger charge is 2.35. The van der Waals surface area contributed by atoms with Crippen molar-refractivity contribution in [3.63, 3.8) is 0 Å². The third-order valence-corrected chi connectivity index (χ3v) is 5.11. The molecule has 1 saturated heterocycles. The predicted octanol–water partition coefficient (Wildman–Crippen LogP) is 1.83. The highest BCUT2D eigenvalue weighted by Crippen LogP contribution is 2.32. The zero-order valence-corrected chi connectivity index (χ0v) is 16.2. The number of H-pyrrole nitrogens is 1. The summed E-state index contributed by atoms with van der Waals surface area (Å²) >= 11 is 0. The second-order valence-electron chi connectivity index (χ2n) is 7.07. The van der Waals surface area contributed by atoms with Gasteiger partial charge in [0.25, 0.3) is 5.56 Å². The van der Waals surface area contributed by atoms with E-state index in [9.17, 15) is 14.4 Å². The molecule has 0 aliphatic carbocycles. The lowest BCUT2D eigenvalue weighted by Gasteiger charge is -2.25. The number of ether oxygens (including phenoxy) is 1. The van der Waals surface area contributed by atoms with Crippen molar-refractivity contribution in [3.05, 3.63) is 40.2 Å².